The SMILES string of the molecule is CC/C=C/C=C/C=C/C=C/CCCCCC(=O)OC(COC(=O)CCCCCCCCC/C=C/CCCCCCCCCCC)COP(=O)(O)OC1C(O)C(O)C(O)[C@H](O)C1O. The van der Waals surface area contributed by atoms with Crippen molar-refractivity contribution in [3.63, 3.8) is 0 Å². The van der Waals surface area contributed by atoms with Crippen LogP contribution in [0.5, 0.6) is 0 Å². The molecule has 8 atom stereocenters. The van der Waals surface area contributed by atoms with Gasteiger partial charge in [-0.15, -0.1) is 0 Å². The molecule has 0 aromatic carbocycles. The maximum Gasteiger partial charge on any atom is 0.472 e. The molecular formula is C48H83O13P. The van der Waals surface area contributed by atoms with Crippen molar-refractivity contribution in [2.75, 3.05) is 13.2 Å². The highest BCUT2D eigenvalue weighted by Crippen LogP contribution is 2.47. The predicted molar refractivity (Wildman–Crippen MR) is 244 cm³/mol. The summed E-state index contributed by atoms with van der Waals surface area (Å²) in [6.07, 6.45) is 32.9. The van der Waals surface area contributed by atoms with E-state index >= 15 is 0 Å². The van der Waals surface area contributed by atoms with Gasteiger partial charge in [-0.1, -0.05) is 164 Å². The number of carbonyl (C=O) groups is 2. The van der Waals surface area contributed by atoms with E-state index in [0.29, 0.717) is 12.8 Å². The number of ether oxygens (including phenoxy) is 2. The van der Waals surface area contributed by atoms with Gasteiger partial charge in [0.05, 0.1) is 6.61 Å². The molecule has 1 aliphatic carbocycles. The van der Waals surface area contributed by atoms with Gasteiger partial charge in [0.15, 0.2) is 6.10 Å². The van der Waals surface area contributed by atoms with Gasteiger partial charge in [-0.2, -0.15) is 0 Å². The fourth-order valence-corrected chi connectivity index (χ4v) is 7.85. The molecule has 1 rings (SSSR count). The van der Waals surface area contributed by atoms with Crippen molar-refractivity contribution in [3.8, 4) is 0 Å². The van der Waals surface area contributed by atoms with Crippen LogP contribution < -0.4 is 0 Å². The van der Waals surface area contributed by atoms with Crippen molar-refractivity contribution in [3.05, 3.63) is 60.8 Å². The summed E-state index contributed by atoms with van der Waals surface area (Å²) in [4.78, 5) is 35.7. The molecular weight excluding hydrogens is 815 g/mol. The van der Waals surface area contributed by atoms with Gasteiger partial charge in [0.2, 0.25) is 0 Å². The smallest absolute Gasteiger partial charge is 0.462 e. The van der Waals surface area contributed by atoms with Crippen LogP contribution in [0.3, 0.4) is 0 Å². The molecule has 0 heterocycles. The average Bonchev–Trinajstić information content (AvgIpc) is 3.25. The lowest BCUT2D eigenvalue weighted by atomic mass is 9.85. The van der Waals surface area contributed by atoms with Gasteiger partial charge in [-0.05, 0) is 57.8 Å². The highest BCUT2D eigenvalue weighted by molar-refractivity contribution is 7.47. The molecule has 358 valence electrons. The van der Waals surface area contributed by atoms with E-state index in [0.717, 1.165) is 57.8 Å². The summed E-state index contributed by atoms with van der Waals surface area (Å²) in [5.41, 5.74) is 0. The third-order valence-electron chi connectivity index (χ3n) is 10.7. The molecule has 7 unspecified atom stereocenters. The van der Waals surface area contributed by atoms with E-state index in [2.05, 4.69) is 32.1 Å². The lowest BCUT2D eigenvalue weighted by Gasteiger charge is -2.41. The van der Waals surface area contributed by atoms with E-state index in [-0.39, 0.29) is 12.8 Å². The van der Waals surface area contributed by atoms with Gasteiger partial charge in [-0.25, -0.2) is 4.57 Å². The third kappa shape index (κ3) is 29.8. The highest BCUT2D eigenvalue weighted by atomic mass is 31.2. The van der Waals surface area contributed by atoms with Crippen LogP contribution in [0.15, 0.2) is 60.8 Å². The first-order valence-corrected chi connectivity index (χ1v) is 25.1. The Morgan fingerprint density at radius 1 is 0.516 bits per heavy atom. The zero-order valence-corrected chi connectivity index (χ0v) is 38.8. The Morgan fingerprint density at radius 3 is 1.47 bits per heavy atom. The van der Waals surface area contributed by atoms with E-state index < -0.39 is 75.7 Å². The first-order valence-electron chi connectivity index (χ1n) is 23.6. The Kier molecular flexibility index (Phi) is 35.2. The normalized spacial score (nSPS) is 22.4. The molecule has 62 heavy (non-hydrogen) atoms. The summed E-state index contributed by atoms with van der Waals surface area (Å²) in [6, 6.07) is 0. The van der Waals surface area contributed by atoms with Crippen molar-refractivity contribution in [2.45, 2.75) is 217 Å². The minimum Gasteiger partial charge on any atom is -0.462 e. The number of rotatable bonds is 38. The van der Waals surface area contributed by atoms with Crippen LogP contribution in [-0.2, 0) is 32.7 Å². The van der Waals surface area contributed by atoms with Crippen molar-refractivity contribution in [1.29, 1.82) is 0 Å². The number of esters is 2. The van der Waals surface area contributed by atoms with E-state index in [1.165, 1.54) is 77.0 Å². The van der Waals surface area contributed by atoms with Crippen LogP contribution in [0.4, 0.5) is 0 Å². The fourth-order valence-electron chi connectivity index (χ4n) is 6.88. The number of carbonyl (C=O) groups excluding carboxylic acids is 2. The van der Waals surface area contributed by atoms with Crippen molar-refractivity contribution >= 4 is 19.8 Å². The number of hydrogen-bond donors (Lipinski definition) is 6. The second kappa shape index (κ2) is 37.9. The van der Waals surface area contributed by atoms with Crippen LogP contribution in [0, 0.1) is 0 Å². The third-order valence-corrected chi connectivity index (χ3v) is 11.7. The van der Waals surface area contributed by atoms with Crippen LogP contribution in [0.25, 0.3) is 0 Å². The minimum absolute atomic E-state index is 0.0477. The van der Waals surface area contributed by atoms with E-state index in [4.69, 9.17) is 18.5 Å². The number of phosphoric acid groups is 1. The van der Waals surface area contributed by atoms with Crippen molar-refractivity contribution in [1.82, 2.24) is 0 Å². The van der Waals surface area contributed by atoms with E-state index in [1.54, 1.807) is 0 Å². The molecule has 1 saturated carbocycles. The Labute approximate surface area is 373 Å². The number of allylic oxidation sites excluding steroid dienone is 10. The van der Waals surface area contributed by atoms with Gasteiger partial charge in [0.25, 0.3) is 0 Å². The molecule has 0 saturated heterocycles. The molecule has 6 N–H and O–H groups in total. The number of phosphoric ester groups is 1. The molecule has 0 bridgehead atoms. The van der Waals surface area contributed by atoms with Crippen molar-refractivity contribution < 1.29 is 63.1 Å². The largest absolute Gasteiger partial charge is 0.472 e. The monoisotopic (exact) mass is 899 g/mol. The van der Waals surface area contributed by atoms with Gasteiger partial charge < -0.3 is 39.9 Å². The van der Waals surface area contributed by atoms with Crippen LogP contribution >= 0.6 is 7.82 Å². The number of aliphatic hydroxyl groups excluding tert-OH is 5. The first kappa shape index (κ1) is 57.6. The van der Waals surface area contributed by atoms with E-state index in [9.17, 15) is 44.6 Å². The minimum atomic E-state index is -5.13. The zero-order valence-electron chi connectivity index (χ0n) is 37.9. The second-order valence-corrected chi connectivity index (χ2v) is 17.7. The molecule has 1 aliphatic rings. The summed E-state index contributed by atoms with van der Waals surface area (Å²) in [5.74, 6) is -1.15. The van der Waals surface area contributed by atoms with Crippen LogP contribution in [0.1, 0.15) is 174 Å². The lowest BCUT2D eigenvalue weighted by molar-refractivity contribution is -0.220. The molecule has 13 nitrogen and oxygen atoms in total. The summed E-state index contributed by atoms with van der Waals surface area (Å²) >= 11 is 0. The Balaban J connectivity index is 2.44. The summed E-state index contributed by atoms with van der Waals surface area (Å²) in [6.45, 7) is 3.12. The topological polar surface area (TPSA) is 210 Å². The average molecular weight is 899 g/mol. The maximum atomic E-state index is 12.8. The van der Waals surface area contributed by atoms with Gasteiger partial charge in [0.1, 0.15) is 43.2 Å². The molecule has 0 amide bonds. The predicted octanol–water partition coefficient (Wildman–Crippen LogP) is 9.33. The summed E-state index contributed by atoms with van der Waals surface area (Å²) < 4.78 is 33.5. The molecule has 1 fully saturated rings. The summed E-state index contributed by atoms with van der Waals surface area (Å²) in [7, 11) is -5.13. The molecule has 0 aromatic heterocycles. The number of aliphatic hydroxyl groups is 5. The van der Waals surface area contributed by atoms with Crippen LogP contribution in [0.2, 0.25) is 0 Å². The molecule has 0 aromatic rings. The maximum absolute atomic E-state index is 12.8. The summed E-state index contributed by atoms with van der Waals surface area (Å²) in [5, 5.41) is 50.1. The highest BCUT2D eigenvalue weighted by Gasteiger charge is 2.51. The van der Waals surface area contributed by atoms with E-state index in [1.807, 2.05) is 42.5 Å². The van der Waals surface area contributed by atoms with Gasteiger partial charge in [-0.3, -0.25) is 18.6 Å². The van der Waals surface area contributed by atoms with Gasteiger partial charge in [0, 0.05) is 12.8 Å². The number of unbranched alkanes of at least 4 members (excludes halogenated alkanes) is 19. The fraction of sp³-hybridized carbons (Fsp3) is 0.750. The Bertz CT molecular complexity index is 1320. The standard InChI is InChI=1S/C48H83O13P/c1-3-5-7-9-11-13-15-17-18-19-20-21-22-23-25-26-28-30-32-34-36-41(49)58-38-40(39-59-62(56,57)61-48-46(54)44(52)43(51)45(53)47(48)55)60-42(50)37-35-33-31-29-27-24-16-14-12-10-8-6-4-2/h6,8,10,12,14,16,20-21,24,27,40,43-48,51-55H,3-5,7,9,11,13,15,17-19,22-23,25-26,28-39H2,1-2H3,(H,56,57)/b8-6+,12-10+,16-14+,21-20+,27-24+/t40?,43?,44-,45?,46?,47?,48?/m0/s1. The zero-order chi connectivity index (χ0) is 45.7. The molecule has 0 spiro atoms. The lowest BCUT2D eigenvalue weighted by Crippen LogP contribution is -2.64. The second-order valence-electron chi connectivity index (χ2n) is 16.3. The quantitative estimate of drug-likeness (QED) is 0.0112. The molecule has 14 heteroatoms. The number of hydrogen-bond acceptors (Lipinski definition) is 12. The van der Waals surface area contributed by atoms with Gasteiger partial charge >= 0.3 is 19.8 Å². The Hall–Kier alpha value is -2.45. The first-order chi connectivity index (χ1) is 29.9. The molecule has 0 radical (unpaired) electrons. The Morgan fingerprint density at radius 2 is 0.935 bits per heavy atom. The molecule has 0 aliphatic heterocycles. The van der Waals surface area contributed by atoms with Crippen molar-refractivity contribution in [2.24, 2.45) is 0 Å². The van der Waals surface area contributed by atoms with Crippen LogP contribution in [-0.4, -0.2) is 98.3 Å².